The van der Waals surface area contributed by atoms with Crippen LogP contribution in [-0.4, -0.2) is 27.6 Å². The Morgan fingerprint density at radius 1 is 1.21 bits per heavy atom. The maximum atomic E-state index is 12.9. The number of aromatic nitrogens is 2. The van der Waals surface area contributed by atoms with Crippen LogP contribution in [0.25, 0.3) is 11.4 Å². The highest BCUT2D eigenvalue weighted by molar-refractivity contribution is 5.89. The zero-order valence-corrected chi connectivity index (χ0v) is 17.1. The van der Waals surface area contributed by atoms with Gasteiger partial charge in [-0.2, -0.15) is 4.98 Å². The molecule has 4 rings (SSSR count). The van der Waals surface area contributed by atoms with Crippen molar-refractivity contribution in [1.82, 2.24) is 15.0 Å². The van der Waals surface area contributed by atoms with Crippen molar-refractivity contribution in [3.63, 3.8) is 0 Å². The van der Waals surface area contributed by atoms with Gasteiger partial charge in [0.25, 0.3) is 0 Å². The molecule has 1 N–H and O–H groups in total. The molecule has 150 valence electrons. The first-order chi connectivity index (χ1) is 14.0. The van der Waals surface area contributed by atoms with E-state index in [1.54, 1.807) is 4.90 Å². The Morgan fingerprint density at radius 3 is 2.72 bits per heavy atom. The van der Waals surface area contributed by atoms with E-state index in [-0.39, 0.29) is 12.1 Å². The van der Waals surface area contributed by atoms with Crippen molar-refractivity contribution in [1.29, 1.82) is 0 Å². The smallest absolute Gasteiger partial charge is 0.322 e. The van der Waals surface area contributed by atoms with Gasteiger partial charge >= 0.3 is 6.03 Å². The van der Waals surface area contributed by atoms with Crippen molar-refractivity contribution >= 4 is 11.7 Å². The molecule has 6 heteroatoms. The van der Waals surface area contributed by atoms with Gasteiger partial charge < -0.3 is 14.7 Å². The number of hydrogen-bond acceptors (Lipinski definition) is 4. The van der Waals surface area contributed by atoms with Crippen LogP contribution >= 0.6 is 0 Å². The number of nitrogens with zero attached hydrogens (tertiary/aromatic N) is 3. The number of carbonyl (C=O) groups is 1. The molecule has 3 aromatic rings. The largest absolute Gasteiger partial charge is 0.337 e. The van der Waals surface area contributed by atoms with Gasteiger partial charge in [-0.1, -0.05) is 54.9 Å². The normalized spacial score (nSPS) is 16.4. The summed E-state index contributed by atoms with van der Waals surface area (Å²) in [7, 11) is 0. The summed E-state index contributed by atoms with van der Waals surface area (Å²) < 4.78 is 5.53. The summed E-state index contributed by atoms with van der Waals surface area (Å²) in [5.41, 5.74) is 4.09. The van der Waals surface area contributed by atoms with Crippen LogP contribution in [0.15, 0.2) is 53.1 Å². The number of benzene rings is 2. The number of hydrogen-bond donors (Lipinski definition) is 1. The van der Waals surface area contributed by atoms with E-state index in [1.165, 1.54) is 5.56 Å². The fourth-order valence-corrected chi connectivity index (χ4v) is 3.69. The highest BCUT2D eigenvalue weighted by atomic mass is 16.5. The third kappa shape index (κ3) is 4.16. The van der Waals surface area contributed by atoms with Crippen LogP contribution in [0, 0.1) is 6.92 Å². The van der Waals surface area contributed by atoms with Crippen LogP contribution in [0.1, 0.15) is 55.7 Å². The topological polar surface area (TPSA) is 71.3 Å². The van der Waals surface area contributed by atoms with Crippen LogP contribution in [0.4, 0.5) is 10.5 Å². The van der Waals surface area contributed by atoms with Gasteiger partial charge in [0, 0.05) is 17.8 Å². The van der Waals surface area contributed by atoms with E-state index < -0.39 is 0 Å². The molecule has 1 atom stereocenters. The highest BCUT2D eigenvalue weighted by Gasteiger charge is 2.34. The minimum atomic E-state index is -0.198. The highest BCUT2D eigenvalue weighted by Crippen LogP contribution is 2.32. The van der Waals surface area contributed by atoms with Crippen molar-refractivity contribution in [3.8, 4) is 11.4 Å². The number of nitrogens with one attached hydrogen (secondary N) is 1. The molecule has 1 aliphatic rings. The minimum absolute atomic E-state index is 0.139. The van der Waals surface area contributed by atoms with Gasteiger partial charge in [0.1, 0.15) is 6.04 Å². The summed E-state index contributed by atoms with van der Waals surface area (Å²) in [5.74, 6) is 1.51. The van der Waals surface area contributed by atoms with Gasteiger partial charge in [0.2, 0.25) is 11.7 Å². The molecular weight excluding hydrogens is 364 g/mol. The van der Waals surface area contributed by atoms with E-state index in [9.17, 15) is 4.79 Å². The Kier molecular flexibility index (Phi) is 5.34. The van der Waals surface area contributed by atoms with E-state index >= 15 is 0 Å². The summed E-state index contributed by atoms with van der Waals surface area (Å²) in [6.45, 7) is 7.00. The number of aryl methyl sites for hydroxylation is 1. The number of urea groups is 1. The van der Waals surface area contributed by atoms with Crippen LogP contribution < -0.4 is 5.32 Å². The second-order valence-electron chi connectivity index (χ2n) is 7.88. The first-order valence-corrected chi connectivity index (χ1v) is 10.1. The third-order valence-corrected chi connectivity index (χ3v) is 5.35. The molecule has 1 saturated heterocycles. The minimum Gasteiger partial charge on any atom is -0.337 e. The summed E-state index contributed by atoms with van der Waals surface area (Å²) in [5, 5.41) is 7.12. The molecule has 29 heavy (non-hydrogen) atoms. The SMILES string of the molecule is Cc1cccc(-c2noc([C@@H]3CCCN3C(=O)Nc3ccc(C(C)C)cc3)n2)c1. The molecule has 0 unspecified atom stereocenters. The molecule has 2 heterocycles. The predicted octanol–water partition coefficient (Wildman–Crippen LogP) is 5.54. The second kappa shape index (κ2) is 8.07. The quantitative estimate of drug-likeness (QED) is 0.635. The number of likely N-dealkylation sites (tertiary alicyclic amines) is 1. The van der Waals surface area contributed by atoms with E-state index in [4.69, 9.17) is 4.52 Å². The van der Waals surface area contributed by atoms with Crippen molar-refractivity contribution in [2.75, 3.05) is 11.9 Å². The van der Waals surface area contributed by atoms with Crippen molar-refractivity contribution in [2.45, 2.75) is 45.6 Å². The van der Waals surface area contributed by atoms with E-state index in [1.807, 2.05) is 55.5 Å². The molecule has 0 radical (unpaired) electrons. The van der Waals surface area contributed by atoms with E-state index in [0.29, 0.717) is 24.2 Å². The lowest BCUT2D eigenvalue weighted by atomic mass is 10.0. The number of rotatable bonds is 4. The van der Waals surface area contributed by atoms with E-state index in [0.717, 1.165) is 29.7 Å². The maximum absolute atomic E-state index is 12.9. The predicted molar refractivity (Wildman–Crippen MR) is 113 cm³/mol. The molecule has 0 saturated carbocycles. The zero-order chi connectivity index (χ0) is 20.4. The first kappa shape index (κ1) is 19.2. The van der Waals surface area contributed by atoms with Gasteiger partial charge in [-0.15, -0.1) is 0 Å². The van der Waals surface area contributed by atoms with Crippen LogP contribution in [0.3, 0.4) is 0 Å². The molecule has 6 nitrogen and oxygen atoms in total. The van der Waals surface area contributed by atoms with Gasteiger partial charge in [0.15, 0.2) is 0 Å². The maximum Gasteiger partial charge on any atom is 0.322 e. The first-order valence-electron chi connectivity index (χ1n) is 10.1. The molecule has 1 aliphatic heterocycles. The lowest BCUT2D eigenvalue weighted by Gasteiger charge is -2.22. The molecule has 0 bridgehead atoms. The zero-order valence-electron chi connectivity index (χ0n) is 17.1. The van der Waals surface area contributed by atoms with Gasteiger partial charge in [0.05, 0.1) is 0 Å². The lowest BCUT2D eigenvalue weighted by Crippen LogP contribution is -2.34. The molecular formula is C23H26N4O2. The standard InChI is InChI=1S/C23H26N4O2/c1-15(2)17-9-11-19(12-10-17)24-23(28)27-13-5-8-20(27)22-25-21(26-29-22)18-7-4-6-16(3)14-18/h4,6-7,9-12,14-15,20H,5,8,13H2,1-3H3,(H,24,28)/t20-/m0/s1. The third-order valence-electron chi connectivity index (χ3n) is 5.35. The molecule has 0 spiro atoms. The monoisotopic (exact) mass is 390 g/mol. The van der Waals surface area contributed by atoms with Gasteiger partial charge in [-0.05, 0) is 49.4 Å². The molecule has 0 aliphatic carbocycles. The van der Waals surface area contributed by atoms with Crippen LogP contribution in [-0.2, 0) is 0 Å². The number of amides is 2. The van der Waals surface area contributed by atoms with E-state index in [2.05, 4.69) is 29.3 Å². The van der Waals surface area contributed by atoms with Gasteiger partial charge in [-0.3, -0.25) is 0 Å². The summed E-state index contributed by atoms with van der Waals surface area (Å²) in [4.78, 5) is 19.2. The fraction of sp³-hybridized carbons (Fsp3) is 0.348. The number of anilines is 1. The van der Waals surface area contributed by atoms with Gasteiger partial charge in [-0.25, -0.2) is 4.79 Å². The average Bonchev–Trinajstić information content (AvgIpc) is 3.38. The van der Waals surface area contributed by atoms with Crippen LogP contribution in [0.2, 0.25) is 0 Å². The summed E-state index contributed by atoms with van der Waals surface area (Å²) in [6, 6.07) is 15.6. The van der Waals surface area contributed by atoms with Crippen molar-refractivity contribution in [3.05, 3.63) is 65.5 Å². The fourth-order valence-electron chi connectivity index (χ4n) is 3.69. The lowest BCUT2D eigenvalue weighted by molar-refractivity contribution is 0.193. The Morgan fingerprint density at radius 2 is 2.00 bits per heavy atom. The van der Waals surface area contributed by atoms with Crippen molar-refractivity contribution < 1.29 is 9.32 Å². The number of carbonyl (C=O) groups excluding carboxylic acids is 1. The molecule has 2 amide bonds. The van der Waals surface area contributed by atoms with Crippen molar-refractivity contribution in [2.24, 2.45) is 0 Å². The van der Waals surface area contributed by atoms with Crippen LogP contribution in [0.5, 0.6) is 0 Å². The molecule has 2 aromatic carbocycles. The average molecular weight is 390 g/mol. The molecule has 1 aromatic heterocycles. The second-order valence-corrected chi connectivity index (χ2v) is 7.88. The summed E-state index contributed by atoms with van der Waals surface area (Å²) >= 11 is 0. The Hall–Kier alpha value is -3.15. The summed E-state index contributed by atoms with van der Waals surface area (Å²) in [6.07, 6.45) is 1.72. The Bertz CT molecular complexity index is 994. The molecule has 1 fully saturated rings. The Balaban J connectivity index is 1.48. The Labute approximate surface area is 170 Å².